The topological polar surface area (TPSA) is 61.9 Å². The molecule has 26 heavy (non-hydrogen) atoms. The van der Waals surface area contributed by atoms with Crippen molar-refractivity contribution in [2.24, 2.45) is 5.92 Å². The van der Waals surface area contributed by atoms with Crippen LogP contribution in [0, 0.1) is 5.92 Å². The number of carbonyl (C=O) groups is 2. The molecule has 1 aliphatic carbocycles. The first kappa shape index (κ1) is 18.5. The van der Waals surface area contributed by atoms with E-state index in [9.17, 15) is 9.59 Å². The smallest absolute Gasteiger partial charge is 0.254 e. The van der Waals surface area contributed by atoms with Crippen LogP contribution in [0.4, 0.5) is 5.69 Å². The molecule has 0 unspecified atom stereocenters. The number of amides is 2. The summed E-state index contributed by atoms with van der Waals surface area (Å²) < 4.78 is 5.35. The zero-order chi connectivity index (χ0) is 18.5. The summed E-state index contributed by atoms with van der Waals surface area (Å²) in [5.41, 5.74) is 1.13. The normalized spacial score (nSPS) is 20.2. The number of likely N-dealkylation sites (N-methyl/N-ethyl adjacent to an activating group) is 1. The fourth-order valence-electron chi connectivity index (χ4n) is 3.44. The predicted octanol–water partition coefficient (Wildman–Crippen LogP) is 2.38. The highest BCUT2D eigenvalue weighted by atomic mass is 16.5. The molecule has 1 aliphatic heterocycles. The molecule has 0 spiro atoms. The molecule has 1 aromatic rings. The Bertz CT molecular complexity index is 694. The summed E-state index contributed by atoms with van der Waals surface area (Å²) in [7, 11) is 3.62. The summed E-state index contributed by atoms with van der Waals surface area (Å²) in [6, 6.07) is 5.23. The SMILES string of the molecule is COc1ccc(C(=O)N2CCN(C)CC2)cc1NC(=O)C[C@H]1C=CCC1. The van der Waals surface area contributed by atoms with Gasteiger partial charge in [0.1, 0.15) is 5.75 Å². The Kier molecular flexibility index (Phi) is 5.93. The van der Waals surface area contributed by atoms with Gasteiger partial charge in [0.15, 0.2) is 0 Å². The highest BCUT2D eigenvalue weighted by Crippen LogP contribution is 2.28. The van der Waals surface area contributed by atoms with Crippen LogP contribution in [-0.4, -0.2) is 62.0 Å². The van der Waals surface area contributed by atoms with Gasteiger partial charge in [-0.05, 0) is 44.0 Å². The van der Waals surface area contributed by atoms with Crippen LogP contribution in [0.25, 0.3) is 0 Å². The van der Waals surface area contributed by atoms with Gasteiger partial charge in [-0.2, -0.15) is 0 Å². The van der Waals surface area contributed by atoms with Crippen molar-refractivity contribution in [3.8, 4) is 5.75 Å². The highest BCUT2D eigenvalue weighted by molar-refractivity contribution is 5.98. The second kappa shape index (κ2) is 8.36. The monoisotopic (exact) mass is 357 g/mol. The maximum atomic E-state index is 12.8. The molecule has 1 N–H and O–H groups in total. The molecule has 1 fully saturated rings. The fourth-order valence-corrected chi connectivity index (χ4v) is 3.44. The number of nitrogens with zero attached hydrogens (tertiary/aromatic N) is 2. The molecule has 1 heterocycles. The molecule has 6 nitrogen and oxygen atoms in total. The molecular weight excluding hydrogens is 330 g/mol. The van der Waals surface area contributed by atoms with Gasteiger partial charge in [-0.25, -0.2) is 0 Å². The summed E-state index contributed by atoms with van der Waals surface area (Å²) in [5.74, 6) is 0.811. The van der Waals surface area contributed by atoms with Gasteiger partial charge < -0.3 is 19.9 Å². The van der Waals surface area contributed by atoms with Crippen LogP contribution in [0.1, 0.15) is 29.6 Å². The van der Waals surface area contributed by atoms with Crippen LogP contribution < -0.4 is 10.1 Å². The maximum Gasteiger partial charge on any atom is 0.254 e. The zero-order valence-electron chi connectivity index (χ0n) is 15.5. The second-order valence-corrected chi connectivity index (χ2v) is 7.03. The Hall–Kier alpha value is -2.34. The van der Waals surface area contributed by atoms with E-state index in [4.69, 9.17) is 4.74 Å². The van der Waals surface area contributed by atoms with E-state index in [0.29, 0.717) is 29.3 Å². The first-order chi connectivity index (χ1) is 12.6. The molecule has 2 amide bonds. The largest absolute Gasteiger partial charge is 0.495 e. The summed E-state index contributed by atoms with van der Waals surface area (Å²) >= 11 is 0. The number of ether oxygens (including phenoxy) is 1. The predicted molar refractivity (Wildman–Crippen MR) is 102 cm³/mol. The summed E-state index contributed by atoms with van der Waals surface area (Å²) in [6.45, 7) is 3.19. The molecule has 1 atom stereocenters. The molecule has 140 valence electrons. The van der Waals surface area contributed by atoms with Crippen LogP contribution in [0.15, 0.2) is 30.4 Å². The van der Waals surface area contributed by atoms with Crippen LogP contribution in [0.5, 0.6) is 5.75 Å². The lowest BCUT2D eigenvalue weighted by Gasteiger charge is -2.32. The molecule has 1 saturated heterocycles. The number of anilines is 1. The summed E-state index contributed by atoms with van der Waals surface area (Å²) in [5, 5.41) is 2.92. The number of piperazine rings is 1. The Morgan fingerprint density at radius 3 is 2.65 bits per heavy atom. The number of methoxy groups -OCH3 is 1. The van der Waals surface area contributed by atoms with Gasteiger partial charge in [-0.15, -0.1) is 0 Å². The van der Waals surface area contributed by atoms with E-state index in [1.165, 1.54) is 0 Å². The van der Waals surface area contributed by atoms with E-state index in [1.54, 1.807) is 25.3 Å². The first-order valence-corrected chi connectivity index (χ1v) is 9.19. The zero-order valence-corrected chi connectivity index (χ0v) is 15.5. The third-order valence-electron chi connectivity index (χ3n) is 5.07. The third-order valence-corrected chi connectivity index (χ3v) is 5.07. The lowest BCUT2D eigenvalue weighted by molar-refractivity contribution is -0.116. The summed E-state index contributed by atoms with van der Waals surface area (Å²) in [4.78, 5) is 29.2. The maximum absolute atomic E-state index is 12.8. The Labute approximate surface area is 154 Å². The number of allylic oxidation sites excluding steroid dienone is 2. The average molecular weight is 357 g/mol. The van der Waals surface area contributed by atoms with Crippen LogP contribution in [0.2, 0.25) is 0 Å². The minimum absolute atomic E-state index is 0.00465. The quantitative estimate of drug-likeness (QED) is 0.822. The number of hydrogen-bond acceptors (Lipinski definition) is 4. The van der Waals surface area contributed by atoms with Crippen molar-refractivity contribution in [3.63, 3.8) is 0 Å². The van der Waals surface area contributed by atoms with Gasteiger partial charge in [-0.1, -0.05) is 12.2 Å². The molecule has 0 bridgehead atoms. The minimum atomic E-state index is -0.0518. The van der Waals surface area contributed by atoms with Crippen LogP contribution in [0.3, 0.4) is 0 Å². The Balaban J connectivity index is 1.70. The van der Waals surface area contributed by atoms with Gasteiger partial charge >= 0.3 is 0 Å². The van der Waals surface area contributed by atoms with Crippen molar-refractivity contribution in [1.29, 1.82) is 0 Å². The van der Waals surface area contributed by atoms with Gasteiger partial charge in [0.2, 0.25) is 5.91 Å². The Morgan fingerprint density at radius 1 is 1.23 bits per heavy atom. The van der Waals surface area contributed by atoms with E-state index in [1.807, 2.05) is 4.90 Å². The molecule has 0 aromatic heterocycles. The van der Waals surface area contributed by atoms with E-state index in [-0.39, 0.29) is 11.8 Å². The van der Waals surface area contributed by atoms with Crippen molar-refractivity contribution < 1.29 is 14.3 Å². The second-order valence-electron chi connectivity index (χ2n) is 7.03. The van der Waals surface area contributed by atoms with E-state index < -0.39 is 0 Å². The van der Waals surface area contributed by atoms with E-state index >= 15 is 0 Å². The van der Waals surface area contributed by atoms with Crippen molar-refractivity contribution in [3.05, 3.63) is 35.9 Å². The molecule has 2 aliphatic rings. The van der Waals surface area contributed by atoms with Gasteiger partial charge in [0.25, 0.3) is 5.91 Å². The average Bonchev–Trinajstić information content (AvgIpc) is 3.14. The number of benzene rings is 1. The number of rotatable bonds is 5. The van der Waals surface area contributed by atoms with E-state index in [0.717, 1.165) is 39.0 Å². The molecule has 1 aromatic carbocycles. The molecular formula is C20H27N3O3. The molecule has 6 heteroatoms. The lowest BCUT2D eigenvalue weighted by atomic mass is 10.0. The Morgan fingerprint density at radius 2 is 2.00 bits per heavy atom. The highest BCUT2D eigenvalue weighted by Gasteiger charge is 2.22. The standard InChI is InChI=1S/C20H27N3O3/c1-22-9-11-23(12-10-22)20(25)16-7-8-18(26-2)17(14-16)21-19(24)13-15-5-3-4-6-15/h3,5,7-8,14-15H,4,6,9-13H2,1-2H3,(H,21,24)/t15-/m0/s1. The van der Waals surface area contributed by atoms with Gasteiger partial charge in [-0.3, -0.25) is 9.59 Å². The van der Waals surface area contributed by atoms with Gasteiger partial charge in [0, 0.05) is 38.2 Å². The van der Waals surface area contributed by atoms with Crippen molar-refractivity contribution in [1.82, 2.24) is 9.80 Å². The van der Waals surface area contributed by atoms with Crippen molar-refractivity contribution >= 4 is 17.5 Å². The number of nitrogens with one attached hydrogen (secondary N) is 1. The molecule has 0 saturated carbocycles. The van der Waals surface area contributed by atoms with Crippen LogP contribution >= 0.6 is 0 Å². The minimum Gasteiger partial charge on any atom is -0.495 e. The number of carbonyl (C=O) groups excluding carboxylic acids is 2. The van der Waals surface area contributed by atoms with E-state index in [2.05, 4.69) is 29.4 Å². The number of hydrogen-bond donors (Lipinski definition) is 1. The van der Waals surface area contributed by atoms with Crippen LogP contribution in [-0.2, 0) is 4.79 Å². The molecule has 0 radical (unpaired) electrons. The lowest BCUT2D eigenvalue weighted by Crippen LogP contribution is -2.47. The van der Waals surface area contributed by atoms with Crippen molar-refractivity contribution in [2.45, 2.75) is 19.3 Å². The molecule has 3 rings (SSSR count). The third kappa shape index (κ3) is 4.43. The fraction of sp³-hybridized carbons (Fsp3) is 0.500. The van der Waals surface area contributed by atoms with Crippen molar-refractivity contribution in [2.75, 3.05) is 45.7 Å². The van der Waals surface area contributed by atoms with Gasteiger partial charge in [0.05, 0.1) is 12.8 Å². The first-order valence-electron chi connectivity index (χ1n) is 9.19. The summed E-state index contributed by atoms with van der Waals surface area (Å²) in [6.07, 6.45) is 6.73.